The van der Waals surface area contributed by atoms with Crippen LogP contribution in [-0.2, 0) is 4.79 Å². The zero-order chi connectivity index (χ0) is 7.98. The van der Waals surface area contributed by atoms with Crippen LogP contribution in [0.1, 0.15) is 20.3 Å². The van der Waals surface area contributed by atoms with E-state index in [0.29, 0.717) is 6.42 Å². The van der Waals surface area contributed by atoms with Crippen molar-refractivity contribution in [1.29, 1.82) is 0 Å². The fourth-order valence-electron chi connectivity index (χ4n) is 0.557. The number of carbonyl (C=O) groups is 1. The molecule has 0 fully saturated rings. The quantitative estimate of drug-likeness (QED) is 0.427. The van der Waals surface area contributed by atoms with Crippen LogP contribution in [0.2, 0.25) is 0 Å². The van der Waals surface area contributed by atoms with Crippen molar-refractivity contribution in [3.63, 3.8) is 0 Å². The third-order valence-electron chi connectivity index (χ3n) is 1.27. The summed E-state index contributed by atoms with van der Waals surface area (Å²) >= 11 is 0. The molecule has 10 heavy (non-hydrogen) atoms. The summed E-state index contributed by atoms with van der Waals surface area (Å²) in [6.45, 7) is 7.02. The Morgan fingerprint density at radius 2 is 2.40 bits per heavy atom. The number of allylic oxidation sites excluding steroid dienone is 1. The van der Waals surface area contributed by atoms with Crippen molar-refractivity contribution in [1.82, 2.24) is 0 Å². The molecule has 0 aromatic carbocycles. The topological polar surface area (TPSA) is 17.1 Å². The maximum Gasteiger partial charge on any atom is 0.158 e. The smallest absolute Gasteiger partial charge is 0.158 e. The van der Waals surface area contributed by atoms with Gasteiger partial charge in [0.15, 0.2) is 5.78 Å². The van der Waals surface area contributed by atoms with Gasteiger partial charge in [0.25, 0.3) is 0 Å². The molecule has 1 heteroatoms. The van der Waals surface area contributed by atoms with E-state index < -0.39 is 0 Å². The summed E-state index contributed by atoms with van der Waals surface area (Å²) < 4.78 is 0. The lowest BCUT2D eigenvalue weighted by Crippen LogP contribution is -2.05. The van der Waals surface area contributed by atoms with E-state index in [1.165, 1.54) is 6.08 Å². The highest BCUT2D eigenvalue weighted by atomic mass is 16.1. The predicted molar refractivity (Wildman–Crippen MR) is 42.4 cm³/mol. The van der Waals surface area contributed by atoms with Crippen molar-refractivity contribution in [2.45, 2.75) is 20.3 Å². The molecule has 0 bridgehead atoms. The Morgan fingerprint density at radius 1 is 1.80 bits per heavy atom. The number of hydrogen-bond acceptors (Lipinski definition) is 1. The summed E-state index contributed by atoms with van der Waals surface area (Å²) in [5.41, 5.74) is 0. The molecule has 0 aromatic heterocycles. The molecule has 0 aliphatic heterocycles. The Kier molecular flexibility index (Phi) is 4.32. The van der Waals surface area contributed by atoms with Crippen LogP contribution in [0.3, 0.4) is 0 Å². The molecule has 0 heterocycles. The van der Waals surface area contributed by atoms with Crippen LogP contribution in [0.5, 0.6) is 0 Å². The molecule has 1 atom stereocenters. The van der Waals surface area contributed by atoms with Gasteiger partial charge in [-0.2, -0.15) is 0 Å². The first-order valence-electron chi connectivity index (χ1n) is 3.28. The highest BCUT2D eigenvalue weighted by Crippen LogP contribution is 2.01. The van der Waals surface area contributed by atoms with Gasteiger partial charge >= 0.3 is 0 Å². The Bertz CT molecular complexity index is 181. The SMILES string of the molecule is C=CC(=O)C(C)CC#CC. The monoisotopic (exact) mass is 136 g/mol. The maximum atomic E-state index is 10.8. The highest BCUT2D eigenvalue weighted by Gasteiger charge is 2.05. The van der Waals surface area contributed by atoms with Gasteiger partial charge in [0.2, 0.25) is 0 Å². The van der Waals surface area contributed by atoms with Crippen LogP contribution in [0, 0.1) is 17.8 Å². The predicted octanol–water partition coefficient (Wildman–Crippen LogP) is 1.79. The largest absolute Gasteiger partial charge is 0.295 e. The van der Waals surface area contributed by atoms with Crippen LogP contribution >= 0.6 is 0 Å². The van der Waals surface area contributed by atoms with Gasteiger partial charge in [-0.25, -0.2) is 0 Å². The van der Waals surface area contributed by atoms with Crippen molar-refractivity contribution in [2.24, 2.45) is 5.92 Å². The van der Waals surface area contributed by atoms with Crippen molar-refractivity contribution in [2.75, 3.05) is 0 Å². The van der Waals surface area contributed by atoms with Gasteiger partial charge < -0.3 is 0 Å². The molecule has 0 spiro atoms. The van der Waals surface area contributed by atoms with Crippen molar-refractivity contribution < 1.29 is 4.79 Å². The lowest BCUT2D eigenvalue weighted by atomic mass is 10.0. The summed E-state index contributed by atoms with van der Waals surface area (Å²) in [6, 6.07) is 0. The average molecular weight is 136 g/mol. The van der Waals surface area contributed by atoms with Crippen LogP contribution in [0.4, 0.5) is 0 Å². The third-order valence-corrected chi connectivity index (χ3v) is 1.27. The van der Waals surface area contributed by atoms with E-state index in [4.69, 9.17) is 0 Å². The second-order valence-electron chi connectivity index (χ2n) is 2.14. The fourth-order valence-corrected chi connectivity index (χ4v) is 0.557. The van der Waals surface area contributed by atoms with Crippen LogP contribution in [0.25, 0.3) is 0 Å². The molecule has 1 unspecified atom stereocenters. The van der Waals surface area contributed by atoms with Crippen LogP contribution in [0.15, 0.2) is 12.7 Å². The normalized spacial score (nSPS) is 11.0. The second-order valence-corrected chi connectivity index (χ2v) is 2.14. The molecule has 0 N–H and O–H groups in total. The number of hydrogen-bond donors (Lipinski definition) is 0. The average Bonchev–Trinajstić information content (AvgIpc) is 1.98. The van der Waals surface area contributed by atoms with E-state index in [2.05, 4.69) is 18.4 Å². The van der Waals surface area contributed by atoms with Crippen LogP contribution in [-0.4, -0.2) is 5.78 Å². The van der Waals surface area contributed by atoms with E-state index in [1.54, 1.807) is 6.92 Å². The summed E-state index contributed by atoms with van der Waals surface area (Å²) in [6.07, 6.45) is 1.99. The molecule has 1 nitrogen and oxygen atoms in total. The highest BCUT2D eigenvalue weighted by molar-refractivity contribution is 5.91. The van der Waals surface area contributed by atoms with Gasteiger partial charge in [0.05, 0.1) is 0 Å². The molecule has 54 valence electrons. The molecule has 0 saturated carbocycles. The zero-order valence-corrected chi connectivity index (χ0v) is 6.48. The van der Waals surface area contributed by atoms with E-state index in [1.807, 2.05) is 6.92 Å². The Morgan fingerprint density at radius 3 is 2.80 bits per heavy atom. The van der Waals surface area contributed by atoms with E-state index >= 15 is 0 Å². The lowest BCUT2D eigenvalue weighted by molar-refractivity contribution is -0.117. The van der Waals surface area contributed by atoms with Crippen molar-refractivity contribution in [3.8, 4) is 11.8 Å². The van der Waals surface area contributed by atoms with E-state index in [9.17, 15) is 4.79 Å². The molecule has 0 aliphatic carbocycles. The molecule has 0 aromatic rings. The summed E-state index contributed by atoms with van der Waals surface area (Å²) in [5, 5.41) is 0. The Hall–Kier alpha value is -1.03. The van der Waals surface area contributed by atoms with Crippen molar-refractivity contribution >= 4 is 5.78 Å². The third kappa shape index (κ3) is 3.09. The first-order valence-corrected chi connectivity index (χ1v) is 3.28. The first kappa shape index (κ1) is 8.97. The van der Waals surface area contributed by atoms with Gasteiger partial charge in [0.1, 0.15) is 0 Å². The Balaban J connectivity index is 3.80. The van der Waals surface area contributed by atoms with Gasteiger partial charge in [-0.3, -0.25) is 4.79 Å². The van der Waals surface area contributed by atoms with E-state index in [0.717, 1.165) is 0 Å². The molecule has 0 radical (unpaired) electrons. The van der Waals surface area contributed by atoms with Gasteiger partial charge in [-0.05, 0) is 13.0 Å². The summed E-state index contributed by atoms with van der Waals surface area (Å²) in [4.78, 5) is 10.8. The maximum absolute atomic E-state index is 10.8. The number of carbonyl (C=O) groups excluding carboxylic acids is 1. The number of ketones is 1. The lowest BCUT2D eigenvalue weighted by Gasteiger charge is -1.99. The molecule has 0 saturated heterocycles. The molecule has 0 aliphatic rings. The summed E-state index contributed by atoms with van der Waals surface area (Å²) in [5.74, 6) is 5.66. The van der Waals surface area contributed by atoms with Crippen LogP contribution < -0.4 is 0 Å². The molecular formula is C9H12O. The molecule has 0 amide bonds. The second kappa shape index (κ2) is 4.81. The Labute approximate surface area is 62.1 Å². The molecular weight excluding hydrogens is 124 g/mol. The number of rotatable bonds is 3. The summed E-state index contributed by atoms with van der Waals surface area (Å²) in [7, 11) is 0. The minimum absolute atomic E-state index is 0.00458. The van der Waals surface area contributed by atoms with Gasteiger partial charge in [0, 0.05) is 12.3 Å². The van der Waals surface area contributed by atoms with Gasteiger partial charge in [-0.1, -0.05) is 13.5 Å². The molecule has 0 rings (SSSR count). The van der Waals surface area contributed by atoms with Crippen molar-refractivity contribution in [3.05, 3.63) is 12.7 Å². The fraction of sp³-hybridized carbons (Fsp3) is 0.444. The standard InChI is InChI=1S/C9H12O/c1-4-6-7-8(3)9(10)5-2/h5,8H,2,7H2,1,3H3. The minimum Gasteiger partial charge on any atom is -0.295 e. The van der Waals surface area contributed by atoms with Gasteiger partial charge in [-0.15, -0.1) is 11.8 Å². The zero-order valence-electron chi connectivity index (χ0n) is 6.48. The first-order chi connectivity index (χ1) is 4.72. The minimum atomic E-state index is 0.00458. The van der Waals surface area contributed by atoms with E-state index in [-0.39, 0.29) is 11.7 Å².